The molecule has 0 fully saturated rings. The first kappa shape index (κ1) is 13.5. The molecular formula is C9H15N3O4S. The van der Waals surface area contributed by atoms with Crippen LogP contribution in [0.2, 0.25) is 0 Å². The summed E-state index contributed by atoms with van der Waals surface area (Å²) in [5.74, 6) is -1.36. The molecule has 0 radical (unpaired) electrons. The third-order valence-electron chi connectivity index (χ3n) is 1.95. The summed E-state index contributed by atoms with van der Waals surface area (Å²) in [6.07, 6.45) is 1.71. The first-order chi connectivity index (χ1) is 7.96. The molecule has 8 heteroatoms. The molecule has 0 aliphatic carbocycles. The lowest BCUT2D eigenvalue weighted by Gasteiger charge is -2.02. The van der Waals surface area contributed by atoms with Crippen molar-refractivity contribution in [2.24, 2.45) is 0 Å². The van der Waals surface area contributed by atoms with Crippen LogP contribution in [0.4, 0.5) is 5.82 Å². The summed E-state index contributed by atoms with van der Waals surface area (Å²) in [7, 11) is -2.62. The molecule has 96 valence electrons. The van der Waals surface area contributed by atoms with Crippen molar-refractivity contribution in [3.8, 4) is 0 Å². The van der Waals surface area contributed by atoms with E-state index in [9.17, 15) is 13.2 Å². The summed E-state index contributed by atoms with van der Waals surface area (Å²) in [6, 6.07) is 1.60. The summed E-state index contributed by atoms with van der Waals surface area (Å²) in [4.78, 5) is 10.9. The highest BCUT2D eigenvalue weighted by molar-refractivity contribution is 7.93. The van der Waals surface area contributed by atoms with Gasteiger partial charge in [-0.2, -0.15) is 5.10 Å². The Morgan fingerprint density at radius 1 is 1.59 bits per heavy atom. The van der Waals surface area contributed by atoms with Gasteiger partial charge in [-0.15, -0.1) is 0 Å². The van der Waals surface area contributed by atoms with Crippen LogP contribution in [-0.2, 0) is 26.0 Å². The third-order valence-corrected chi connectivity index (χ3v) is 3.08. The Bertz CT molecular complexity index is 480. The van der Waals surface area contributed by atoms with Gasteiger partial charge in [-0.3, -0.25) is 14.6 Å². The molecule has 0 aromatic carbocycles. The number of aryl methyl sites for hydroxylation is 1. The van der Waals surface area contributed by atoms with Crippen LogP contribution >= 0.6 is 0 Å². The number of hydrogen-bond acceptors (Lipinski definition) is 5. The average molecular weight is 261 g/mol. The van der Waals surface area contributed by atoms with Crippen LogP contribution in [-0.4, -0.2) is 37.4 Å². The monoisotopic (exact) mass is 261 g/mol. The molecule has 7 nitrogen and oxygen atoms in total. The number of sulfonamides is 1. The number of carbonyl (C=O) groups excluding carboxylic acids is 1. The zero-order valence-electron chi connectivity index (χ0n) is 9.69. The Labute approximate surface area is 99.6 Å². The van der Waals surface area contributed by atoms with Gasteiger partial charge in [-0.1, -0.05) is 13.3 Å². The van der Waals surface area contributed by atoms with Gasteiger partial charge in [0.1, 0.15) is 0 Å². The fourth-order valence-corrected chi connectivity index (χ4v) is 2.14. The maximum atomic E-state index is 11.5. The quantitative estimate of drug-likeness (QED) is 0.716. The van der Waals surface area contributed by atoms with Crippen molar-refractivity contribution in [1.29, 1.82) is 0 Å². The van der Waals surface area contributed by atoms with E-state index in [1.54, 1.807) is 6.07 Å². The Kier molecular flexibility index (Phi) is 4.50. The number of anilines is 1. The molecule has 1 heterocycles. The fourth-order valence-electron chi connectivity index (χ4n) is 1.22. The second-order valence-corrected chi connectivity index (χ2v) is 5.19. The maximum absolute atomic E-state index is 11.5. The van der Waals surface area contributed by atoms with Crippen molar-refractivity contribution in [1.82, 2.24) is 10.2 Å². The van der Waals surface area contributed by atoms with E-state index in [1.807, 2.05) is 6.92 Å². The van der Waals surface area contributed by atoms with E-state index in [1.165, 1.54) is 0 Å². The number of esters is 1. The number of methoxy groups -OCH3 is 1. The van der Waals surface area contributed by atoms with Gasteiger partial charge in [0.15, 0.2) is 11.6 Å². The largest absolute Gasteiger partial charge is 0.468 e. The molecule has 17 heavy (non-hydrogen) atoms. The highest BCUT2D eigenvalue weighted by Gasteiger charge is 2.18. The summed E-state index contributed by atoms with van der Waals surface area (Å²) in [6.45, 7) is 2.00. The Hall–Kier alpha value is -1.57. The van der Waals surface area contributed by atoms with Crippen molar-refractivity contribution < 1.29 is 17.9 Å². The smallest absolute Gasteiger partial charge is 0.322 e. The van der Waals surface area contributed by atoms with E-state index >= 15 is 0 Å². The Balaban J connectivity index is 2.66. The molecular weight excluding hydrogens is 246 g/mol. The highest BCUT2D eigenvalue weighted by Crippen LogP contribution is 2.09. The topological polar surface area (TPSA) is 101 Å². The second kappa shape index (κ2) is 5.67. The zero-order chi connectivity index (χ0) is 12.9. The number of aromatic amines is 1. The minimum atomic E-state index is -3.75. The molecule has 1 aromatic rings. The van der Waals surface area contributed by atoms with Crippen molar-refractivity contribution in [3.63, 3.8) is 0 Å². The van der Waals surface area contributed by atoms with Gasteiger partial charge >= 0.3 is 5.97 Å². The summed E-state index contributed by atoms with van der Waals surface area (Å²) < 4.78 is 29.4. The molecule has 1 rings (SSSR count). The molecule has 0 aliphatic heterocycles. The van der Waals surface area contributed by atoms with Crippen LogP contribution < -0.4 is 4.72 Å². The molecule has 0 spiro atoms. The predicted molar refractivity (Wildman–Crippen MR) is 62.0 cm³/mol. The number of carbonyl (C=O) groups is 1. The van der Waals surface area contributed by atoms with Gasteiger partial charge in [0.2, 0.25) is 10.0 Å². The minimum Gasteiger partial charge on any atom is -0.468 e. The molecule has 2 N–H and O–H groups in total. The summed E-state index contributed by atoms with van der Waals surface area (Å²) in [5.41, 5.74) is 0.836. The van der Waals surface area contributed by atoms with E-state index < -0.39 is 21.7 Å². The van der Waals surface area contributed by atoms with Crippen molar-refractivity contribution in [2.45, 2.75) is 19.8 Å². The molecule has 1 aromatic heterocycles. The number of hydrogen-bond donors (Lipinski definition) is 2. The van der Waals surface area contributed by atoms with Gasteiger partial charge in [0, 0.05) is 11.8 Å². The van der Waals surface area contributed by atoms with E-state index in [2.05, 4.69) is 19.7 Å². The fraction of sp³-hybridized carbons (Fsp3) is 0.556. The summed E-state index contributed by atoms with van der Waals surface area (Å²) in [5, 5.41) is 6.49. The van der Waals surface area contributed by atoms with Gasteiger partial charge in [0.05, 0.1) is 7.11 Å². The standard InChI is InChI=1S/C9H15N3O4S/c1-3-4-7-5-8(11-10-7)12-17(14,15)6-9(13)16-2/h5H,3-4,6H2,1-2H3,(H2,10,11,12). The molecule has 0 bridgehead atoms. The van der Waals surface area contributed by atoms with Crippen LogP contribution in [0.1, 0.15) is 19.0 Å². The lowest BCUT2D eigenvalue weighted by molar-refractivity contribution is -0.137. The number of H-pyrrole nitrogens is 1. The molecule has 0 amide bonds. The number of nitrogens with zero attached hydrogens (tertiary/aromatic N) is 1. The van der Waals surface area contributed by atoms with Gasteiger partial charge in [0.25, 0.3) is 0 Å². The number of nitrogens with one attached hydrogen (secondary N) is 2. The van der Waals surface area contributed by atoms with Crippen molar-refractivity contribution in [3.05, 3.63) is 11.8 Å². The van der Waals surface area contributed by atoms with Gasteiger partial charge < -0.3 is 4.74 Å². The maximum Gasteiger partial charge on any atom is 0.322 e. The van der Waals surface area contributed by atoms with Crippen LogP contribution in [0.15, 0.2) is 6.07 Å². The number of aromatic nitrogens is 2. The van der Waals surface area contributed by atoms with E-state index in [0.29, 0.717) is 0 Å². The van der Waals surface area contributed by atoms with E-state index in [-0.39, 0.29) is 5.82 Å². The molecule has 0 aliphatic rings. The van der Waals surface area contributed by atoms with Crippen LogP contribution in [0, 0.1) is 0 Å². The first-order valence-electron chi connectivity index (χ1n) is 5.08. The normalized spacial score (nSPS) is 11.2. The van der Waals surface area contributed by atoms with Crippen LogP contribution in [0.3, 0.4) is 0 Å². The number of rotatable bonds is 6. The molecule has 0 atom stereocenters. The van der Waals surface area contributed by atoms with E-state index in [4.69, 9.17) is 0 Å². The average Bonchev–Trinajstić information content (AvgIpc) is 2.64. The van der Waals surface area contributed by atoms with E-state index in [0.717, 1.165) is 25.6 Å². The van der Waals surface area contributed by atoms with Crippen LogP contribution in [0.25, 0.3) is 0 Å². The zero-order valence-corrected chi connectivity index (χ0v) is 10.5. The molecule has 0 saturated carbocycles. The van der Waals surface area contributed by atoms with Crippen molar-refractivity contribution >= 4 is 21.8 Å². The lowest BCUT2D eigenvalue weighted by atomic mass is 10.2. The predicted octanol–water partition coefficient (Wildman–Crippen LogP) is 0.277. The minimum absolute atomic E-state index is 0.178. The SMILES string of the molecule is CCCc1cc(NS(=O)(=O)CC(=O)OC)n[nH]1. The van der Waals surface area contributed by atoms with Crippen LogP contribution in [0.5, 0.6) is 0 Å². The second-order valence-electron chi connectivity index (χ2n) is 3.47. The van der Waals surface area contributed by atoms with Gasteiger partial charge in [-0.05, 0) is 6.42 Å². The first-order valence-corrected chi connectivity index (χ1v) is 6.73. The third kappa shape index (κ3) is 4.43. The molecule has 0 unspecified atom stereocenters. The lowest BCUT2D eigenvalue weighted by Crippen LogP contribution is -2.23. The Morgan fingerprint density at radius 2 is 2.29 bits per heavy atom. The van der Waals surface area contributed by atoms with Crippen molar-refractivity contribution in [2.75, 3.05) is 17.6 Å². The van der Waals surface area contributed by atoms with Gasteiger partial charge in [-0.25, -0.2) is 8.42 Å². The summed E-state index contributed by atoms with van der Waals surface area (Å²) >= 11 is 0. The molecule has 0 saturated heterocycles. The highest BCUT2D eigenvalue weighted by atomic mass is 32.2. The number of ether oxygens (including phenoxy) is 1. The Morgan fingerprint density at radius 3 is 2.88 bits per heavy atom.